The summed E-state index contributed by atoms with van der Waals surface area (Å²) in [6.45, 7) is 0. The summed E-state index contributed by atoms with van der Waals surface area (Å²) < 4.78 is 4.80. The minimum Gasteiger partial charge on any atom is -0.411 e. The van der Waals surface area contributed by atoms with Gasteiger partial charge in [-0.3, -0.25) is 0 Å². The molecule has 2 N–H and O–H groups in total. The molecule has 1 aromatic rings. The Bertz CT molecular complexity index is 353. The van der Waals surface area contributed by atoms with E-state index in [0.717, 1.165) is 0 Å². The molecule has 2 rings (SSSR count). The number of primary amides is 1. The monoisotopic (exact) mass is 219 g/mol. The number of carbonyl (C=O) groups excluding carboxylic acids is 1. The van der Waals surface area contributed by atoms with Gasteiger partial charge < -0.3 is 10.5 Å². The van der Waals surface area contributed by atoms with E-state index in [-0.39, 0.29) is 0 Å². The normalized spacial score (nSPS) is 17.0. The Labute approximate surface area is 95.6 Å². The number of rotatable bonds is 2. The SMILES string of the molecule is NC(=O)Oc1ccc(C2CCCCC2)cc1. The van der Waals surface area contributed by atoms with Crippen molar-refractivity contribution in [3.8, 4) is 5.75 Å². The highest BCUT2D eigenvalue weighted by atomic mass is 16.5. The number of ether oxygens (including phenoxy) is 1. The lowest BCUT2D eigenvalue weighted by atomic mass is 9.84. The highest BCUT2D eigenvalue weighted by Crippen LogP contribution is 2.33. The van der Waals surface area contributed by atoms with Crippen molar-refractivity contribution in [3.05, 3.63) is 29.8 Å². The van der Waals surface area contributed by atoms with E-state index in [9.17, 15) is 4.79 Å². The van der Waals surface area contributed by atoms with Crippen molar-refractivity contribution >= 4 is 6.09 Å². The van der Waals surface area contributed by atoms with Gasteiger partial charge >= 0.3 is 6.09 Å². The van der Waals surface area contributed by atoms with Crippen LogP contribution in [0.4, 0.5) is 4.79 Å². The molecule has 3 nitrogen and oxygen atoms in total. The lowest BCUT2D eigenvalue weighted by molar-refractivity contribution is 0.211. The van der Waals surface area contributed by atoms with Crippen molar-refractivity contribution in [1.29, 1.82) is 0 Å². The van der Waals surface area contributed by atoms with Gasteiger partial charge in [0.05, 0.1) is 0 Å². The number of amides is 1. The van der Waals surface area contributed by atoms with E-state index in [2.05, 4.69) is 0 Å². The van der Waals surface area contributed by atoms with Crippen molar-refractivity contribution in [2.75, 3.05) is 0 Å². The van der Waals surface area contributed by atoms with Gasteiger partial charge in [-0.15, -0.1) is 0 Å². The number of hydrogen-bond acceptors (Lipinski definition) is 2. The molecule has 1 aliphatic carbocycles. The molecule has 0 heterocycles. The van der Waals surface area contributed by atoms with Crippen molar-refractivity contribution in [1.82, 2.24) is 0 Å². The molecule has 0 atom stereocenters. The Kier molecular flexibility index (Phi) is 3.44. The van der Waals surface area contributed by atoms with Crippen LogP contribution in [-0.2, 0) is 0 Å². The van der Waals surface area contributed by atoms with Crippen LogP contribution in [0.15, 0.2) is 24.3 Å². The minimum absolute atomic E-state index is 0.520. The molecule has 0 radical (unpaired) electrons. The maximum absolute atomic E-state index is 10.6. The van der Waals surface area contributed by atoms with Gasteiger partial charge in [-0.25, -0.2) is 4.79 Å². The van der Waals surface area contributed by atoms with Crippen LogP contribution in [0, 0.1) is 0 Å². The molecule has 16 heavy (non-hydrogen) atoms. The summed E-state index contributed by atoms with van der Waals surface area (Å²) >= 11 is 0. The first-order chi connectivity index (χ1) is 7.75. The third-order valence-electron chi connectivity index (χ3n) is 3.18. The molecule has 0 aromatic heterocycles. The van der Waals surface area contributed by atoms with E-state index >= 15 is 0 Å². The predicted molar refractivity (Wildman–Crippen MR) is 62.5 cm³/mol. The summed E-state index contributed by atoms with van der Waals surface area (Å²) in [6, 6.07) is 7.70. The van der Waals surface area contributed by atoms with E-state index < -0.39 is 6.09 Å². The number of nitrogens with two attached hydrogens (primary N) is 1. The van der Waals surface area contributed by atoms with Crippen LogP contribution in [0.5, 0.6) is 5.75 Å². The van der Waals surface area contributed by atoms with E-state index in [1.807, 2.05) is 24.3 Å². The maximum Gasteiger partial charge on any atom is 0.409 e. The largest absolute Gasteiger partial charge is 0.411 e. The fourth-order valence-corrected chi connectivity index (χ4v) is 2.36. The van der Waals surface area contributed by atoms with Crippen LogP contribution in [0.2, 0.25) is 0 Å². The molecule has 0 saturated heterocycles. The van der Waals surface area contributed by atoms with Crippen molar-refractivity contribution in [2.45, 2.75) is 38.0 Å². The maximum atomic E-state index is 10.6. The van der Waals surface area contributed by atoms with Crippen LogP contribution in [-0.4, -0.2) is 6.09 Å². The molecule has 0 aliphatic heterocycles. The molecular formula is C13H17NO2. The van der Waals surface area contributed by atoms with Crippen LogP contribution < -0.4 is 10.5 Å². The topological polar surface area (TPSA) is 52.3 Å². The van der Waals surface area contributed by atoms with Gasteiger partial charge in [0.2, 0.25) is 0 Å². The fourth-order valence-electron chi connectivity index (χ4n) is 2.36. The second-order valence-electron chi connectivity index (χ2n) is 4.33. The van der Waals surface area contributed by atoms with Gasteiger partial charge in [-0.2, -0.15) is 0 Å². The lowest BCUT2D eigenvalue weighted by Gasteiger charge is -2.21. The zero-order chi connectivity index (χ0) is 11.4. The van der Waals surface area contributed by atoms with Gasteiger partial charge in [0.25, 0.3) is 0 Å². The average Bonchev–Trinajstić information content (AvgIpc) is 2.30. The van der Waals surface area contributed by atoms with Crippen LogP contribution in [0.3, 0.4) is 0 Å². The zero-order valence-electron chi connectivity index (χ0n) is 9.32. The zero-order valence-corrected chi connectivity index (χ0v) is 9.32. The molecule has 1 amide bonds. The number of benzene rings is 1. The Balaban J connectivity index is 2.03. The smallest absolute Gasteiger partial charge is 0.409 e. The highest BCUT2D eigenvalue weighted by molar-refractivity contribution is 5.68. The first-order valence-electron chi connectivity index (χ1n) is 5.83. The summed E-state index contributed by atoms with van der Waals surface area (Å²) in [5, 5.41) is 0. The Hall–Kier alpha value is -1.51. The fraction of sp³-hybridized carbons (Fsp3) is 0.462. The molecule has 1 fully saturated rings. The number of carbonyl (C=O) groups is 1. The van der Waals surface area contributed by atoms with Gasteiger partial charge in [0.15, 0.2) is 0 Å². The van der Waals surface area contributed by atoms with E-state index in [4.69, 9.17) is 10.5 Å². The Morgan fingerprint density at radius 1 is 1.12 bits per heavy atom. The standard InChI is InChI=1S/C13H17NO2/c14-13(15)16-12-8-6-11(7-9-12)10-4-2-1-3-5-10/h6-10H,1-5H2,(H2,14,15). The van der Waals surface area contributed by atoms with Crippen molar-refractivity contribution < 1.29 is 9.53 Å². The number of hydrogen-bond donors (Lipinski definition) is 1. The molecule has 1 aliphatic rings. The summed E-state index contributed by atoms with van der Waals surface area (Å²) in [5.41, 5.74) is 6.29. The Morgan fingerprint density at radius 2 is 1.75 bits per heavy atom. The minimum atomic E-state index is -0.759. The molecule has 0 unspecified atom stereocenters. The van der Waals surface area contributed by atoms with Gasteiger partial charge in [-0.05, 0) is 36.5 Å². The van der Waals surface area contributed by atoms with Crippen molar-refractivity contribution in [2.24, 2.45) is 5.73 Å². The molecule has 1 saturated carbocycles. The average molecular weight is 219 g/mol. The third kappa shape index (κ3) is 2.75. The van der Waals surface area contributed by atoms with E-state index in [1.54, 1.807) is 0 Å². The van der Waals surface area contributed by atoms with E-state index in [0.29, 0.717) is 11.7 Å². The van der Waals surface area contributed by atoms with Crippen LogP contribution >= 0.6 is 0 Å². The van der Waals surface area contributed by atoms with Crippen LogP contribution in [0.1, 0.15) is 43.6 Å². The summed E-state index contributed by atoms with van der Waals surface area (Å²) in [7, 11) is 0. The molecular weight excluding hydrogens is 202 g/mol. The van der Waals surface area contributed by atoms with Crippen molar-refractivity contribution in [3.63, 3.8) is 0 Å². The second kappa shape index (κ2) is 5.01. The lowest BCUT2D eigenvalue weighted by Crippen LogP contribution is -2.16. The quantitative estimate of drug-likeness (QED) is 0.830. The van der Waals surface area contributed by atoms with Gasteiger partial charge in [0, 0.05) is 0 Å². The highest BCUT2D eigenvalue weighted by Gasteiger charge is 2.15. The molecule has 1 aromatic carbocycles. The van der Waals surface area contributed by atoms with E-state index in [1.165, 1.54) is 37.7 Å². The molecule has 3 heteroatoms. The molecule has 0 bridgehead atoms. The third-order valence-corrected chi connectivity index (χ3v) is 3.18. The van der Waals surface area contributed by atoms with Gasteiger partial charge in [-0.1, -0.05) is 31.4 Å². The first kappa shape index (κ1) is 11.0. The summed E-state index contributed by atoms with van der Waals surface area (Å²) in [5.74, 6) is 1.20. The predicted octanol–water partition coefficient (Wildman–Crippen LogP) is 3.19. The summed E-state index contributed by atoms with van der Waals surface area (Å²) in [4.78, 5) is 10.6. The van der Waals surface area contributed by atoms with Crippen LogP contribution in [0.25, 0.3) is 0 Å². The molecule has 0 spiro atoms. The Morgan fingerprint density at radius 3 is 2.31 bits per heavy atom. The molecule has 86 valence electrons. The van der Waals surface area contributed by atoms with Gasteiger partial charge in [0.1, 0.15) is 5.75 Å². The summed E-state index contributed by atoms with van der Waals surface area (Å²) in [6.07, 6.45) is 5.80. The first-order valence-corrected chi connectivity index (χ1v) is 5.83. The second-order valence-corrected chi connectivity index (χ2v) is 4.33.